The first kappa shape index (κ1) is 12.8. The number of benzene rings is 1. The van der Waals surface area contributed by atoms with Gasteiger partial charge in [0.05, 0.1) is 6.10 Å². The fraction of sp³-hybridized carbons (Fsp3) is 0.429. The van der Waals surface area contributed by atoms with Crippen LogP contribution in [-0.2, 0) is 0 Å². The lowest BCUT2D eigenvalue weighted by atomic mass is 10.1. The van der Waals surface area contributed by atoms with Gasteiger partial charge >= 0.3 is 0 Å². The number of rotatable bonds is 6. The Morgan fingerprint density at radius 2 is 2.00 bits per heavy atom. The van der Waals surface area contributed by atoms with E-state index in [4.69, 9.17) is 0 Å². The van der Waals surface area contributed by atoms with Crippen LogP contribution in [-0.4, -0.2) is 18.7 Å². The van der Waals surface area contributed by atoms with Gasteiger partial charge in [0, 0.05) is 19.3 Å². The van der Waals surface area contributed by atoms with Gasteiger partial charge in [0.25, 0.3) is 0 Å². The topological polar surface area (TPSA) is 23.5 Å². The third-order valence-corrected chi connectivity index (χ3v) is 2.72. The number of unbranched alkanes of at least 4 members (excludes halogenated alkanes) is 1. The summed E-state index contributed by atoms with van der Waals surface area (Å²) < 4.78 is 0. The Labute approximate surface area is 98.2 Å². The van der Waals surface area contributed by atoms with Crippen molar-refractivity contribution in [3.8, 4) is 0 Å². The van der Waals surface area contributed by atoms with Gasteiger partial charge in [0.1, 0.15) is 0 Å². The van der Waals surface area contributed by atoms with Gasteiger partial charge in [-0.2, -0.15) is 0 Å². The van der Waals surface area contributed by atoms with Crippen LogP contribution in [0.2, 0.25) is 0 Å². The van der Waals surface area contributed by atoms with Gasteiger partial charge in [-0.15, -0.1) is 6.58 Å². The Kier molecular flexibility index (Phi) is 5.06. The number of hydrogen-bond donors (Lipinski definition) is 1. The minimum Gasteiger partial charge on any atom is -0.389 e. The number of allylic oxidation sites excluding steroid dienone is 1. The van der Waals surface area contributed by atoms with Crippen LogP contribution >= 0.6 is 0 Å². The summed E-state index contributed by atoms with van der Waals surface area (Å²) in [6.07, 6.45) is 3.73. The van der Waals surface area contributed by atoms with Crippen molar-refractivity contribution in [1.29, 1.82) is 0 Å². The van der Waals surface area contributed by atoms with E-state index in [0.717, 1.165) is 24.9 Å². The summed E-state index contributed by atoms with van der Waals surface area (Å²) in [6.45, 7) is 6.52. The van der Waals surface area contributed by atoms with E-state index in [2.05, 4.69) is 30.7 Å². The van der Waals surface area contributed by atoms with E-state index < -0.39 is 0 Å². The van der Waals surface area contributed by atoms with Gasteiger partial charge in [-0.05, 0) is 37.5 Å². The highest BCUT2D eigenvalue weighted by molar-refractivity contribution is 5.47. The monoisotopic (exact) mass is 219 g/mol. The minimum atomic E-state index is -0.389. The van der Waals surface area contributed by atoms with E-state index in [1.807, 2.05) is 18.2 Å². The standard InChI is InChI=1S/C14H21NO/c1-4-5-6-11-15(3)14-9-7-13(8-10-14)12(2)16/h4,7-10,12,16H,1,5-6,11H2,2-3H3/t12-/m1/s1. The van der Waals surface area contributed by atoms with Crippen LogP contribution in [0.15, 0.2) is 36.9 Å². The summed E-state index contributed by atoms with van der Waals surface area (Å²) in [6, 6.07) is 8.06. The molecule has 1 N–H and O–H groups in total. The molecule has 0 aliphatic heterocycles. The lowest BCUT2D eigenvalue weighted by Gasteiger charge is -2.19. The molecule has 0 saturated carbocycles. The molecule has 2 heteroatoms. The summed E-state index contributed by atoms with van der Waals surface area (Å²) >= 11 is 0. The lowest BCUT2D eigenvalue weighted by Crippen LogP contribution is -2.18. The predicted octanol–water partition coefficient (Wildman–Crippen LogP) is 3.14. The van der Waals surface area contributed by atoms with Gasteiger partial charge in [-0.25, -0.2) is 0 Å². The normalized spacial score (nSPS) is 12.2. The summed E-state index contributed by atoms with van der Waals surface area (Å²) in [5.74, 6) is 0. The van der Waals surface area contributed by atoms with Crippen molar-refractivity contribution in [2.75, 3.05) is 18.5 Å². The maximum absolute atomic E-state index is 9.40. The molecule has 0 aromatic heterocycles. The molecule has 1 aromatic carbocycles. The molecular formula is C14H21NO. The van der Waals surface area contributed by atoms with Crippen LogP contribution in [0.1, 0.15) is 31.4 Å². The van der Waals surface area contributed by atoms with Crippen molar-refractivity contribution in [3.05, 3.63) is 42.5 Å². The fourth-order valence-corrected chi connectivity index (χ4v) is 1.61. The Bertz CT molecular complexity index is 316. The Morgan fingerprint density at radius 1 is 1.38 bits per heavy atom. The molecule has 0 aliphatic rings. The van der Waals surface area contributed by atoms with Crippen LogP contribution < -0.4 is 4.90 Å². The van der Waals surface area contributed by atoms with E-state index in [0.29, 0.717) is 0 Å². The van der Waals surface area contributed by atoms with E-state index in [9.17, 15) is 5.11 Å². The third kappa shape index (κ3) is 3.70. The highest BCUT2D eigenvalue weighted by Crippen LogP contribution is 2.18. The van der Waals surface area contributed by atoms with Gasteiger partial charge < -0.3 is 10.0 Å². The molecule has 0 radical (unpaired) electrons. The predicted molar refractivity (Wildman–Crippen MR) is 69.8 cm³/mol. The fourth-order valence-electron chi connectivity index (χ4n) is 1.61. The smallest absolute Gasteiger partial charge is 0.0761 e. The van der Waals surface area contributed by atoms with Crippen LogP contribution in [0.3, 0.4) is 0 Å². The molecule has 0 amide bonds. The van der Waals surface area contributed by atoms with E-state index in [1.165, 1.54) is 5.69 Å². The summed E-state index contributed by atoms with van der Waals surface area (Å²) in [7, 11) is 2.08. The average Bonchev–Trinajstić information content (AvgIpc) is 2.29. The van der Waals surface area contributed by atoms with Crippen LogP contribution in [0.4, 0.5) is 5.69 Å². The second kappa shape index (κ2) is 6.33. The van der Waals surface area contributed by atoms with Gasteiger partial charge in [-0.3, -0.25) is 0 Å². The molecule has 1 atom stereocenters. The van der Waals surface area contributed by atoms with Gasteiger partial charge in [-0.1, -0.05) is 18.2 Å². The molecule has 0 heterocycles. The molecule has 1 aromatic rings. The molecule has 1 rings (SSSR count). The molecule has 0 aliphatic carbocycles. The van der Waals surface area contributed by atoms with Crippen LogP contribution in [0, 0.1) is 0 Å². The zero-order valence-corrected chi connectivity index (χ0v) is 10.2. The van der Waals surface area contributed by atoms with Crippen molar-refractivity contribution < 1.29 is 5.11 Å². The molecule has 16 heavy (non-hydrogen) atoms. The summed E-state index contributed by atoms with van der Waals surface area (Å²) in [4.78, 5) is 2.22. The SMILES string of the molecule is C=CCCCN(C)c1ccc([C@@H](C)O)cc1. The highest BCUT2D eigenvalue weighted by atomic mass is 16.3. The van der Waals surface area contributed by atoms with Crippen molar-refractivity contribution in [2.45, 2.75) is 25.9 Å². The number of aliphatic hydroxyl groups excluding tert-OH is 1. The first-order valence-electron chi connectivity index (χ1n) is 5.75. The Morgan fingerprint density at radius 3 is 2.50 bits per heavy atom. The molecule has 88 valence electrons. The van der Waals surface area contributed by atoms with Crippen LogP contribution in [0.5, 0.6) is 0 Å². The zero-order valence-electron chi connectivity index (χ0n) is 10.2. The molecule has 0 unspecified atom stereocenters. The zero-order chi connectivity index (χ0) is 12.0. The molecule has 0 spiro atoms. The van der Waals surface area contributed by atoms with Crippen molar-refractivity contribution in [3.63, 3.8) is 0 Å². The first-order valence-corrected chi connectivity index (χ1v) is 5.75. The number of anilines is 1. The van der Waals surface area contributed by atoms with Crippen molar-refractivity contribution >= 4 is 5.69 Å². The second-order valence-electron chi connectivity index (χ2n) is 4.12. The maximum atomic E-state index is 9.40. The minimum absolute atomic E-state index is 0.389. The largest absolute Gasteiger partial charge is 0.389 e. The van der Waals surface area contributed by atoms with Crippen molar-refractivity contribution in [2.24, 2.45) is 0 Å². The number of aliphatic hydroxyl groups is 1. The van der Waals surface area contributed by atoms with Gasteiger partial charge in [0.2, 0.25) is 0 Å². The quantitative estimate of drug-likeness (QED) is 0.587. The average molecular weight is 219 g/mol. The molecule has 2 nitrogen and oxygen atoms in total. The summed E-state index contributed by atoms with van der Waals surface area (Å²) in [5, 5.41) is 9.40. The lowest BCUT2D eigenvalue weighted by molar-refractivity contribution is 0.199. The van der Waals surface area contributed by atoms with Crippen molar-refractivity contribution in [1.82, 2.24) is 0 Å². The number of hydrogen-bond acceptors (Lipinski definition) is 2. The third-order valence-electron chi connectivity index (χ3n) is 2.72. The maximum Gasteiger partial charge on any atom is 0.0761 e. The highest BCUT2D eigenvalue weighted by Gasteiger charge is 2.02. The Hall–Kier alpha value is -1.28. The van der Waals surface area contributed by atoms with Gasteiger partial charge in [0.15, 0.2) is 0 Å². The molecule has 0 saturated heterocycles. The van der Waals surface area contributed by atoms with Crippen LogP contribution in [0.25, 0.3) is 0 Å². The summed E-state index contributed by atoms with van der Waals surface area (Å²) in [5.41, 5.74) is 2.15. The second-order valence-corrected chi connectivity index (χ2v) is 4.12. The van der Waals surface area contributed by atoms with E-state index >= 15 is 0 Å². The number of nitrogens with zero attached hydrogens (tertiary/aromatic N) is 1. The van der Waals surface area contributed by atoms with E-state index in [1.54, 1.807) is 6.92 Å². The molecule has 0 bridgehead atoms. The molecule has 0 fully saturated rings. The first-order chi connectivity index (χ1) is 7.65. The van der Waals surface area contributed by atoms with E-state index in [-0.39, 0.29) is 6.10 Å². The Balaban J connectivity index is 2.55. The molecular weight excluding hydrogens is 198 g/mol.